The monoisotopic (exact) mass is 463 g/mol. The number of hydrogen-bond acceptors (Lipinski definition) is 4. The lowest BCUT2D eigenvalue weighted by Crippen LogP contribution is -2.18. The summed E-state index contributed by atoms with van der Waals surface area (Å²) in [7, 11) is 0. The first-order valence-electron chi connectivity index (χ1n) is 11.5. The van der Waals surface area contributed by atoms with Crippen LogP contribution in [-0.2, 0) is 6.61 Å². The van der Waals surface area contributed by atoms with Crippen LogP contribution in [-0.4, -0.2) is 14.5 Å². The summed E-state index contributed by atoms with van der Waals surface area (Å²) in [5.41, 5.74) is 4.67. The zero-order chi connectivity index (χ0) is 24.4. The molecule has 5 rings (SSSR count). The second kappa shape index (κ2) is 9.43. The third kappa shape index (κ3) is 4.77. The quantitative estimate of drug-likeness (QED) is 0.364. The zero-order valence-electron chi connectivity index (χ0n) is 19.6. The molecule has 6 heteroatoms. The number of fused-ring (bicyclic) bond motifs is 1. The Kier molecular flexibility index (Phi) is 6.02. The number of para-hydroxylation sites is 1. The molecule has 0 aliphatic rings. The number of H-pyrrole nitrogens is 1. The maximum Gasteiger partial charge on any atom is 0.258 e. The molecule has 6 nitrogen and oxygen atoms in total. The van der Waals surface area contributed by atoms with Gasteiger partial charge in [0, 0.05) is 35.5 Å². The van der Waals surface area contributed by atoms with Gasteiger partial charge in [-0.25, -0.2) is 4.98 Å². The van der Waals surface area contributed by atoms with Crippen LogP contribution in [0.2, 0.25) is 0 Å². The van der Waals surface area contributed by atoms with Gasteiger partial charge in [0.25, 0.3) is 5.56 Å². The maximum atomic E-state index is 13.1. The van der Waals surface area contributed by atoms with E-state index < -0.39 is 0 Å². The average Bonchev–Trinajstić information content (AvgIpc) is 2.87. The molecule has 3 aromatic heterocycles. The summed E-state index contributed by atoms with van der Waals surface area (Å²) in [5.74, 6) is 0.777. The third-order valence-corrected chi connectivity index (χ3v) is 5.97. The number of ether oxygens (including phenoxy) is 1. The van der Waals surface area contributed by atoms with Crippen molar-refractivity contribution < 1.29 is 4.74 Å². The highest BCUT2D eigenvalue weighted by atomic mass is 16.5. The minimum absolute atomic E-state index is 0.193. The second-order valence-electron chi connectivity index (χ2n) is 8.73. The maximum absolute atomic E-state index is 13.1. The molecule has 0 aliphatic carbocycles. The minimum Gasteiger partial charge on any atom is -0.487 e. The first-order valence-corrected chi connectivity index (χ1v) is 11.5. The Labute approximate surface area is 202 Å². The lowest BCUT2D eigenvalue weighted by atomic mass is 9.96. The van der Waals surface area contributed by atoms with E-state index >= 15 is 0 Å². The Balaban J connectivity index is 1.46. The number of nitrogens with zero attached hydrogens (tertiary/aromatic N) is 2. The topological polar surface area (TPSA) is 77.0 Å². The molecule has 1 N–H and O–H groups in total. The molecule has 0 unspecified atom stereocenters. The molecule has 0 saturated carbocycles. The fourth-order valence-corrected chi connectivity index (χ4v) is 4.06. The van der Waals surface area contributed by atoms with Gasteiger partial charge in [0.15, 0.2) is 0 Å². The predicted octanol–water partition coefficient (Wildman–Crippen LogP) is 5.44. The molecular weight excluding hydrogens is 438 g/mol. The molecule has 3 heterocycles. The molecule has 0 radical (unpaired) electrons. The Hall–Kier alpha value is -4.45. The van der Waals surface area contributed by atoms with E-state index in [1.807, 2.05) is 60.7 Å². The number of benzene rings is 2. The Morgan fingerprint density at radius 1 is 0.943 bits per heavy atom. The van der Waals surface area contributed by atoms with E-state index in [2.05, 4.69) is 23.8 Å². The van der Waals surface area contributed by atoms with Gasteiger partial charge in [0.2, 0.25) is 5.56 Å². The van der Waals surface area contributed by atoms with Gasteiger partial charge in [0.05, 0.1) is 16.9 Å². The van der Waals surface area contributed by atoms with Gasteiger partial charge in [-0.3, -0.25) is 14.2 Å². The van der Waals surface area contributed by atoms with E-state index in [1.165, 1.54) is 6.07 Å². The zero-order valence-corrected chi connectivity index (χ0v) is 19.6. The van der Waals surface area contributed by atoms with Crippen LogP contribution in [0.1, 0.15) is 31.0 Å². The number of hydrogen-bond donors (Lipinski definition) is 1. The SMILES string of the molecule is CC(C)c1ccc(-n2ccc(OCc3ccc4ccccc4n3)cc2=O)c(-c2cc[nH]c(=O)c2)c1. The van der Waals surface area contributed by atoms with Crippen molar-refractivity contribution in [3.05, 3.63) is 123 Å². The molecule has 5 aromatic rings. The van der Waals surface area contributed by atoms with E-state index in [0.717, 1.165) is 33.3 Å². The number of aromatic nitrogens is 3. The van der Waals surface area contributed by atoms with Crippen molar-refractivity contribution in [2.45, 2.75) is 26.4 Å². The highest BCUT2D eigenvalue weighted by Gasteiger charge is 2.13. The molecule has 0 aliphatic heterocycles. The fourth-order valence-electron chi connectivity index (χ4n) is 4.06. The van der Waals surface area contributed by atoms with E-state index in [0.29, 0.717) is 17.4 Å². The highest BCUT2D eigenvalue weighted by Crippen LogP contribution is 2.29. The van der Waals surface area contributed by atoms with Gasteiger partial charge in [0.1, 0.15) is 12.4 Å². The standard InChI is InChI=1S/C29H25N3O3/c1-19(2)21-8-10-27(25(15-21)22-11-13-30-28(33)16-22)32-14-12-24(17-29(32)34)35-18-23-9-7-20-5-3-4-6-26(20)31-23/h3-17,19H,18H2,1-2H3,(H,30,33). The molecule has 174 valence electrons. The normalized spacial score (nSPS) is 11.2. The third-order valence-electron chi connectivity index (χ3n) is 5.97. The van der Waals surface area contributed by atoms with Crippen LogP contribution in [0, 0.1) is 0 Å². The minimum atomic E-state index is -0.225. The van der Waals surface area contributed by atoms with Gasteiger partial charge in [-0.05, 0) is 53.4 Å². The Morgan fingerprint density at radius 3 is 2.60 bits per heavy atom. The second-order valence-corrected chi connectivity index (χ2v) is 8.73. The number of pyridine rings is 3. The van der Waals surface area contributed by atoms with Crippen molar-refractivity contribution in [1.29, 1.82) is 0 Å². The summed E-state index contributed by atoms with van der Waals surface area (Å²) >= 11 is 0. The van der Waals surface area contributed by atoms with Crippen molar-refractivity contribution >= 4 is 10.9 Å². The van der Waals surface area contributed by atoms with Crippen LogP contribution in [0.3, 0.4) is 0 Å². The van der Waals surface area contributed by atoms with Crippen molar-refractivity contribution in [2.24, 2.45) is 0 Å². The number of nitrogens with one attached hydrogen (secondary N) is 1. The molecule has 35 heavy (non-hydrogen) atoms. The predicted molar refractivity (Wildman–Crippen MR) is 138 cm³/mol. The summed E-state index contributed by atoms with van der Waals surface area (Å²) in [6.45, 7) is 4.48. The van der Waals surface area contributed by atoms with Crippen LogP contribution >= 0.6 is 0 Å². The van der Waals surface area contributed by atoms with Crippen molar-refractivity contribution in [2.75, 3.05) is 0 Å². The average molecular weight is 464 g/mol. The van der Waals surface area contributed by atoms with Gasteiger partial charge in [-0.1, -0.05) is 44.2 Å². The summed E-state index contributed by atoms with van der Waals surface area (Å²) in [5, 5.41) is 1.07. The molecule has 0 spiro atoms. The van der Waals surface area contributed by atoms with E-state index in [4.69, 9.17) is 4.74 Å². The van der Waals surface area contributed by atoms with E-state index in [9.17, 15) is 9.59 Å². The number of rotatable bonds is 6. The van der Waals surface area contributed by atoms with Crippen LogP contribution in [0.4, 0.5) is 0 Å². The molecule has 0 amide bonds. The molecule has 2 aromatic carbocycles. The lowest BCUT2D eigenvalue weighted by Gasteiger charge is -2.16. The largest absolute Gasteiger partial charge is 0.487 e. The van der Waals surface area contributed by atoms with E-state index in [-0.39, 0.29) is 17.7 Å². The first kappa shape index (κ1) is 22.3. The molecule has 0 saturated heterocycles. The van der Waals surface area contributed by atoms with Crippen molar-refractivity contribution in [1.82, 2.24) is 14.5 Å². The smallest absolute Gasteiger partial charge is 0.258 e. The van der Waals surface area contributed by atoms with Crippen molar-refractivity contribution in [3.8, 4) is 22.6 Å². The van der Waals surface area contributed by atoms with Crippen LogP contribution < -0.4 is 15.9 Å². The summed E-state index contributed by atoms with van der Waals surface area (Å²) in [6.07, 6.45) is 3.32. The molecular formula is C29H25N3O3. The molecule has 0 atom stereocenters. The summed E-state index contributed by atoms with van der Waals surface area (Å²) < 4.78 is 7.44. The summed E-state index contributed by atoms with van der Waals surface area (Å²) in [4.78, 5) is 32.3. The van der Waals surface area contributed by atoms with Crippen LogP contribution in [0.15, 0.2) is 101 Å². The fraction of sp³-hybridized carbons (Fsp3) is 0.138. The Morgan fingerprint density at radius 2 is 1.80 bits per heavy atom. The van der Waals surface area contributed by atoms with E-state index in [1.54, 1.807) is 29.1 Å². The molecule has 0 fully saturated rings. The van der Waals surface area contributed by atoms with Gasteiger partial charge in [-0.2, -0.15) is 0 Å². The van der Waals surface area contributed by atoms with Crippen LogP contribution in [0.25, 0.3) is 27.7 Å². The van der Waals surface area contributed by atoms with Gasteiger partial charge in [-0.15, -0.1) is 0 Å². The van der Waals surface area contributed by atoms with Crippen LogP contribution in [0.5, 0.6) is 5.75 Å². The van der Waals surface area contributed by atoms with Crippen molar-refractivity contribution in [3.63, 3.8) is 0 Å². The number of aromatic amines is 1. The summed E-state index contributed by atoms with van der Waals surface area (Å²) in [6, 6.07) is 24.4. The first-order chi connectivity index (χ1) is 17.0. The molecule has 0 bridgehead atoms. The van der Waals surface area contributed by atoms with Gasteiger partial charge >= 0.3 is 0 Å². The van der Waals surface area contributed by atoms with Gasteiger partial charge < -0.3 is 9.72 Å². The highest BCUT2D eigenvalue weighted by molar-refractivity contribution is 5.78. The lowest BCUT2D eigenvalue weighted by molar-refractivity contribution is 0.301. The Bertz CT molecular complexity index is 1630.